The molecular formula is C13H13Cl2FO2. The maximum absolute atomic E-state index is 13.9. The zero-order valence-corrected chi connectivity index (χ0v) is 11.8. The summed E-state index contributed by atoms with van der Waals surface area (Å²) in [5.74, 6) is -1.73. The normalized spacial score (nSPS) is 13.2. The second-order valence-corrected chi connectivity index (χ2v) is 5.81. The van der Waals surface area contributed by atoms with E-state index < -0.39 is 23.2 Å². The van der Waals surface area contributed by atoms with Crippen molar-refractivity contribution in [3.8, 4) is 0 Å². The number of carbonyl (C=O) groups is 2. The number of carbonyl (C=O) groups excluding carboxylic acids is 2. The van der Waals surface area contributed by atoms with Gasteiger partial charge in [-0.15, -0.1) is 0 Å². The predicted octanol–water partition coefficient (Wildman–Crippen LogP) is 4.13. The molecule has 0 bridgehead atoms. The van der Waals surface area contributed by atoms with Crippen molar-refractivity contribution >= 4 is 34.8 Å². The van der Waals surface area contributed by atoms with Crippen LogP contribution in [0, 0.1) is 5.41 Å². The van der Waals surface area contributed by atoms with E-state index in [4.69, 9.17) is 23.2 Å². The van der Waals surface area contributed by atoms with Crippen molar-refractivity contribution in [3.63, 3.8) is 0 Å². The highest BCUT2D eigenvalue weighted by Crippen LogP contribution is 2.26. The molecule has 1 rings (SSSR count). The lowest BCUT2D eigenvalue weighted by Gasteiger charge is -2.19. The first-order valence-corrected chi connectivity index (χ1v) is 6.08. The molecule has 0 heterocycles. The van der Waals surface area contributed by atoms with E-state index in [1.807, 2.05) is 0 Å². The zero-order chi connectivity index (χ0) is 14.1. The Bertz CT molecular complexity index is 492. The van der Waals surface area contributed by atoms with Gasteiger partial charge in [-0.3, -0.25) is 9.59 Å². The third-order valence-corrected chi connectivity index (χ3v) is 2.96. The van der Waals surface area contributed by atoms with Gasteiger partial charge in [0.05, 0.1) is 5.02 Å². The summed E-state index contributed by atoms with van der Waals surface area (Å²) < 4.78 is 13.9. The van der Waals surface area contributed by atoms with Gasteiger partial charge in [0.1, 0.15) is 0 Å². The van der Waals surface area contributed by atoms with Crippen molar-refractivity contribution < 1.29 is 14.0 Å². The van der Waals surface area contributed by atoms with E-state index in [1.165, 1.54) is 18.2 Å². The Morgan fingerprint density at radius 2 is 1.78 bits per heavy atom. The summed E-state index contributed by atoms with van der Waals surface area (Å²) in [7, 11) is 0. The highest BCUT2D eigenvalue weighted by molar-refractivity contribution is 6.36. The molecule has 1 atom stereocenters. The fourth-order valence-electron chi connectivity index (χ4n) is 1.32. The molecule has 2 nitrogen and oxygen atoms in total. The summed E-state index contributed by atoms with van der Waals surface area (Å²) in [5, 5.41) is 0.340. The minimum atomic E-state index is -2.22. The maximum Gasteiger partial charge on any atom is 0.221 e. The van der Waals surface area contributed by atoms with Crippen LogP contribution in [0.25, 0.3) is 0 Å². The van der Waals surface area contributed by atoms with Crippen LogP contribution in [0.15, 0.2) is 18.2 Å². The first kappa shape index (κ1) is 15.1. The summed E-state index contributed by atoms with van der Waals surface area (Å²) in [4.78, 5) is 23.6. The number of ketones is 2. The van der Waals surface area contributed by atoms with Crippen molar-refractivity contribution in [1.82, 2.24) is 0 Å². The Labute approximate surface area is 115 Å². The molecule has 0 aliphatic carbocycles. The van der Waals surface area contributed by atoms with Crippen molar-refractivity contribution in [2.75, 3.05) is 0 Å². The third kappa shape index (κ3) is 3.30. The van der Waals surface area contributed by atoms with Crippen LogP contribution in [-0.4, -0.2) is 17.7 Å². The van der Waals surface area contributed by atoms with Gasteiger partial charge in [0, 0.05) is 16.0 Å². The molecule has 5 heteroatoms. The molecule has 1 aromatic carbocycles. The Hall–Kier alpha value is -0.930. The summed E-state index contributed by atoms with van der Waals surface area (Å²) in [5.41, 5.74) is -1.01. The molecule has 1 aromatic rings. The lowest BCUT2D eigenvalue weighted by Crippen LogP contribution is -2.35. The molecule has 0 fully saturated rings. The molecule has 0 radical (unpaired) electrons. The standard InChI is InChI=1S/C13H13Cl2FO2/c1-13(2,3)12(18)10(16)11(17)8-6-7(14)4-5-9(8)15/h4-6,10H,1-3H3. The maximum atomic E-state index is 13.9. The average Bonchev–Trinajstić information content (AvgIpc) is 2.28. The number of benzene rings is 1. The summed E-state index contributed by atoms with van der Waals surface area (Å²) >= 11 is 11.5. The quantitative estimate of drug-likeness (QED) is 0.620. The van der Waals surface area contributed by atoms with Gasteiger partial charge in [0.25, 0.3) is 0 Å². The predicted molar refractivity (Wildman–Crippen MR) is 70.2 cm³/mol. The van der Waals surface area contributed by atoms with Gasteiger partial charge in [0.2, 0.25) is 12.0 Å². The summed E-state index contributed by atoms with van der Waals surface area (Å²) in [6.45, 7) is 4.65. The van der Waals surface area contributed by atoms with E-state index in [-0.39, 0.29) is 15.6 Å². The number of hydrogen-bond donors (Lipinski definition) is 0. The Kier molecular flexibility index (Phi) is 4.51. The summed E-state index contributed by atoms with van der Waals surface area (Å²) in [6.07, 6.45) is -2.22. The molecule has 0 N–H and O–H groups in total. The van der Waals surface area contributed by atoms with Gasteiger partial charge in [-0.05, 0) is 18.2 Å². The number of Topliss-reactive ketones (excluding diaryl/α,β-unsaturated/α-hetero) is 2. The van der Waals surface area contributed by atoms with Crippen LogP contribution in [0.1, 0.15) is 31.1 Å². The molecule has 0 aliphatic rings. The third-order valence-electron chi connectivity index (χ3n) is 2.39. The van der Waals surface area contributed by atoms with Crippen molar-refractivity contribution in [2.45, 2.75) is 26.9 Å². The molecule has 0 saturated carbocycles. The SMILES string of the molecule is CC(C)(C)C(=O)C(F)C(=O)c1cc(Cl)ccc1Cl. The summed E-state index contributed by atoms with van der Waals surface area (Å²) in [6, 6.07) is 4.14. The van der Waals surface area contributed by atoms with Gasteiger partial charge >= 0.3 is 0 Å². The Balaban J connectivity index is 3.08. The number of alkyl halides is 1. The van der Waals surface area contributed by atoms with E-state index in [0.29, 0.717) is 0 Å². The molecule has 0 aromatic heterocycles. The largest absolute Gasteiger partial charge is 0.295 e. The minimum absolute atomic E-state index is 0.0748. The van der Waals surface area contributed by atoms with Crippen LogP contribution in [0.2, 0.25) is 10.0 Å². The number of halogens is 3. The second kappa shape index (κ2) is 5.37. The molecular weight excluding hydrogens is 278 g/mol. The molecule has 0 aliphatic heterocycles. The smallest absolute Gasteiger partial charge is 0.221 e. The average molecular weight is 291 g/mol. The minimum Gasteiger partial charge on any atom is -0.295 e. The molecule has 18 heavy (non-hydrogen) atoms. The van der Waals surface area contributed by atoms with Gasteiger partial charge in [-0.25, -0.2) is 4.39 Å². The van der Waals surface area contributed by atoms with E-state index in [9.17, 15) is 14.0 Å². The van der Waals surface area contributed by atoms with E-state index in [1.54, 1.807) is 20.8 Å². The highest BCUT2D eigenvalue weighted by Gasteiger charge is 2.35. The van der Waals surface area contributed by atoms with Crippen molar-refractivity contribution in [3.05, 3.63) is 33.8 Å². The van der Waals surface area contributed by atoms with Gasteiger partial charge in [-0.2, -0.15) is 0 Å². The lowest BCUT2D eigenvalue weighted by molar-refractivity contribution is -0.129. The lowest BCUT2D eigenvalue weighted by atomic mass is 9.86. The molecule has 98 valence electrons. The highest BCUT2D eigenvalue weighted by atomic mass is 35.5. The van der Waals surface area contributed by atoms with Crippen LogP contribution in [0.3, 0.4) is 0 Å². The van der Waals surface area contributed by atoms with Crippen LogP contribution in [-0.2, 0) is 4.79 Å². The van der Waals surface area contributed by atoms with E-state index in [2.05, 4.69) is 0 Å². The number of hydrogen-bond acceptors (Lipinski definition) is 2. The molecule has 0 spiro atoms. The molecule has 0 amide bonds. The van der Waals surface area contributed by atoms with Crippen LogP contribution < -0.4 is 0 Å². The zero-order valence-electron chi connectivity index (χ0n) is 10.3. The Morgan fingerprint density at radius 3 is 2.28 bits per heavy atom. The number of rotatable bonds is 3. The fourth-order valence-corrected chi connectivity index (χ4v) is 1.70. The van der Waals surface area contributed by atoms with Crippen LogP contribution in [0.5, 0.6) is 0 Å². The molecule has 1 unspecified atom stereocenters. The van der Waals surface area contributed by atoms with Gasteiger partial charge in [-0.1, -0.05) is 44.0 Å². The second-order valence-electron chi connectivity index (χ2n) is 4.97. The van der Waals surface area contributed by atoms with Crippen LogP contribution >= 0.6 is 23.2 Å². The topological polar surface area (TPSA) is 34.1 Å². The van der Waals surface area contributed by atoms with E-state index >= 15 is 0 Å². The van der Waals surface area contributed by atoms with E-state index in [0.717, 1.165) is 0 Å². The van der Waals surface area contributed by atoms with Gasteiger partial charge in [0.15, 0.2) is 5.78 Å². The Morgan fingerprint density at radius 1 is 1.22 bits per heavy atom. The fraction of sp³-hybridized carbons (Fsp3) is 0.385. The monoisotopic (exact) mass is 290 g/mol. The van der Waals surface area contributed by atoms with Crippen molar-refractivity contribution in [1.29, 1.82) is 0 Å². The van der Waals surface area contributed by atoms with Gasteiger partial charge < -0.3 is 0 Å². The first-order chi connectivity index (χ1) is 8.14. The first-order valence-electron chi connectivity index (χ1n) is 5.32. The molecule has 0 saturated heterocycles. The van der Waals surface area contributed by atoms with Crippen LogP contribution in [0.4, 0.5) is 4.39 Å². The van der Waals surface area contributed by atoms with Crippen molar-refractivity contribution in [2.24, 2.45) is 5.41 Å².